The second-order valence-electron chi connectivity index (χ2n) is 4.59. The van der Waals surface area contributed by atoms with Crippen molar-refractivity contribution < 1.29 is 14.2 Å². The quantitative estimate of drug-likeness (QED) is 0.833. The average Bonchev–Trinajstić information content (AvgIpc) is 2.90. The van der Waals surface area contributed by atoms with Crippen LogP contribution in [0.25, 0.3) is 0 Å². The smallest absolute Gasteiger partial charge is 0.148 e. The Hall–Kier alpha value is -1.24. The summed E-state index contributed by atoms with van der Waals surface area (Å²) in [5, 5.41) is 0. The van der Waals surface area contributed by atoms with Crippen LogP contribution in [0.3, 0.4) is 0 Å². The number of halogens is 1. The molecule has 0 radical (unpaired) electrons. The SMILES string of the molecule is COc1cc(OC)cc(OC(c2ccc(Br)s2)C(C)N)c1. The predicted molar refractivity (Wildman–Crippen MR) is 88.6 cm³/mol. The first-order chi connectivity index (χ1) is 10.0. The largest absolute Gasteiger partial charge is 0.496 e. The van der Waals surface area contributed by atoms with Crippen molar-refractivity contribution in [2.45, 2.75) is 19.1 Å². The van der Waals surface area contributed by atoms with Crippen molar-refractivity contribution in [1.82, 2.24) is 0 Å². The molecule has 114 valence electrons. The number of ether oxygens (including phenoxy) is 3. The standard InChI is InChI=1S/C15H18BrNO3S/c1-9(17)15(13-4-5-14(16)21-13)20-12-7-10(18-2)6-11(8-12)19-3/h4-9,15H,17H2,1-3H3. The number of benzene rings is 1. The van der Waals surface area contributed by atoms with Gasteiger partial charge in [0.05, 0.1) is 18.0 Å². The van der Waals surface area contributed by atoms with Gasteiger partial charge >= 0.3 is 0 Å². The lowest BCUT2D eigenvalue weighted by Gasteiger charge is -2.22. The minimum atomic E-state index is -0.224. The van der Waals surface area contributed by atoms with Crippen molar-refractivity contribution >= 4 is 27.3 Å². The lowest BCUT2D eigenvalue weighted by Crippen LogP contribution is -2.28. The predicted octanol–water partition coefficient (Wildman–Crippen LogP) is 4.00. The van der Waals surface area contributed by atoms with Crippen LogP contribution < -0.4 is 19.9 Å². The van der Waals surface area contributed by atoms with Gasteiger partial charge in [0, 0.05) is 29.1 Å². The van der Waals surface area contributed by atoms with E-state index in [0.29, 0.717) is 17.2 Å². The van der Waals surface area contributed by atoms with Crippen molar-refractivity contribution in [2.24, 2.45) is 5.73 Å². The van der Waals surface area contributed by atoms with Crippen molar-refractivity contribution in [3.63, 3.8) is 0 Å². The van der Waals surface area contributed by atoms with Crippen LogP contribution in [0.1, 0.15) is 17.9 Å². The fraction of sp³-hybridized carbons (Fsp3) is 0.333. The normalized spacial score (nSPS) is 13.6. The Morgan fingerprint density at radius 2 is 1.62 bits per heavy atom. The molecule has 21 heavy (non-hydrogen) atoms. The molecule has 0 aliphatic carbocycles. The number of methoxy groups -OCH3 is 2. The van der Waals surface area contributed by atoms with Crippen LogP contribution in [0, 0.1) is 0 Å². The van der Waals surface area contributed by atoms with Gasteiger partial charge in [0.2, 0.25) is 0 Å². The topological polar surface area (TPSA) is 53.7 Å². The Labute approximate surface area is 137 Å². The summed E-state index contributed by atoms with van der Waals surface area (Å²) < 4.78 is 17.6. The molecule has 2 aromatic rings. The molecule has 0 bridgehead atoms. The minimum Gasteiger partial charge on any atom is -0.496 e. The lowest BCUT2D eigenvalue weighted by molar-refractivity contribution is 0.183. The molecule has 0 saturated carbocycles. The van der Waals surface area contributed by atoms with E-state index in [1.807, 2.05) is 31.2 Å². The molecule has 2 N–H and O–H groups in total. The van der Waals surface area contributed by atoms with Gasteiger partial charge in [-0.1, -0.05) is 0 Å². The van der Waals surface area contributed by atoms with Gasteiger partial charge in [-0.25, -0.2) is 0 Å². The summed E-state index contributed by atoms with van der Waals surface area (Å²) in [6.07, 6.45) is -0.224. The molecule has 1 heterocycles. The Balaban J connectivity index is 2.28. The highest BCUT2D eigenvalue weighted by Gasteiger charge is 2.21. The minimum absolute atomic E-state index is 0.146. The molecule has 2 unspecified atom stereocenters. The third-order valence-corrected chi connectivity index (χ3v) is 4.63. The van der Waals surface area contributed by atoms with Gasteiger partial charge < -0.3 is 19.9 Å². The fourth-order valence-electron chi connectivity index (χ4n) is 1.90. The summed E-state index contributed by atoms with van der Waals surface area (Å²) in [6, 6.07) is 9.30. The maximum atomic E-state index is 6.07. The second-order valence-corrected chi connectivity index (χ2v) is 7.08. The number of rotatable bonds is 6. The first kappa shape index (κ1) is 16.1. The van der Waals surface area contributed by atoms with E-state index >= 15 is 0 Å². The highest BCUT2D eigenvalue weighted by molar-refractivity contribution is 9.11. The van der Waals surface area contributed by atoms with E-state index in [0.717, 1.165) is 8.66 Å². The summed E-state index contributed by atoms with van der Waals surface area (Å²) in [6.45, 7) is 1.93. The summed E-state index contributed by atoms with van der Waals surface area (Å²) in [5.41, 5.74) is 6.07. The van der Waals surface area contributed by atoms with Crippen LogP contribution >= 0.6 is 27.3 Å². The summed E-state index contributed by atoms with van der Waals surface area (Å²) in [7, 11) is 3.22. The Kier molecular flexibility index (Phi) is 5.50. The van der Waals surface area contributed by atoms with E-state index in [4.69, 9.17) is 19.9 Å². The van der Waals surface area contributed by atoms with E-state index in [-0.39, 0.29) is 12.1 Å². The van der Waals surface area contributed by atoms with E-state index in [9.17, 15) is 0 Å². The van der Waals surface area contributed by atoms with Crippen molar-refractivity contribution in [2.75, 3.05) is 14.2 Å². The molecule has 2 atom stereocenters. The third kappa shape index (κ3) is 4.12. The van der Waals surface area contributed by atoms with Crippen LogP contribution in [-0.4, -0.2) is 20.3 Å². The Bertz CT molecular complexity index is 578. The molecule has 0 aliphatic heterocycles. The molecule has 4 nitrogen and oxygen atoms in total. The molecule has 0 saturated heterocycles. The third-order valence-electron chi connectivity index (χ3n) is 2.94. The van der Waals surface area contributed by atoms with Gasteiger partial charge in [0.25, 0.3) is 0 Å². The maximum Gasteiger partial charge on any atom is 0.148 e. The zero-order valence-corrected chi connectivity index (χ0v) is 14.5. The second kappa shape index (κ2) is 7.15. The summed E-state index contributed by atoms with van der Waals surface area (Å²) in [5.74, 6) is 2.03. The first-order valence-electron chi connectivity index (χ1n) is 6.44. The number of hydrogen-bond donors (Lipinski definition) is 1. The Morgan fingerprint density at radius 3 is 2.05 bits per heavy atom. The zero-order valence-electron chi connectivity index (χ0n) is 12.1. The molecule has 0 spiro atoms. The highest BCUT2D eigenvalue weighted by atomic mass is 79.9. The lowest BCUT2D eigenvalue weighted by atomic mass is 10.1. The van der Waals surface area contributed by atoms with Gasteiger partial charge in [-0.3, -0.25) is 0 Å². The van der Waals surface area contributed by atoms with Gasteiger partial charge in [-0.15, -0.1) is 11.3 Å². The summed E-state index contributed by atoms with van der Waals surface area (Å²) in [4.78, 5) is 1.07. The van der Waals surface area contributed by atoms with Crippen molar-refractivity contribution in [3.05, 3.63) is 39.0 Å². The van der Waals surface area contributed by atoms with E-state index < -0.39 is 0 Å². The molecule has 2 rings (SSSR count). The van der Waals surface area contributed by atoms with Gasteiger partial charge in [0.15, 0.2) is 0 Å². The average molecular weight is 372 g/mol. The molecule has 0 fully saturated rings. The van der Waals surface area contributed by atoms with Gasteiger partial charge in [-0.05, 0) is 35.0 Å². The molecule has 1 aromatic carbocycles. The van der Waals surface area contributed by atoms with E-state index in [2.05, 4.69) is 15.9 Å². The van der Waals surface area contributed by atoms with Crippen molar-refractivity contribution in [1.29, 1.82) is 0 Å². The zero-order chi connectivity index (χ0) is 15.4. The monoisotopic (exact) mass is 371 g/mol. The van der Waals surface area contributed by atoms with Gasteiger partial charge in [0.1, 0.15) is 23.4 Å². The van der Waals surface area contributed by atoms with Crippen LogP contribution in [0.5, 0.6) is 17.2 Å². The molecule has 1 aromatic heterocycles. The van der Waals surface area contributed by atoms with Crippen LogP contribution in [-0.2, 0) is 0 Å². The molecule has 0 amide bonds. The van der Waals surface area contributed by atoms with Crippen LogP contribution in [0.2, 0.25) is 0 Å². The first-order valence-corrected chi connectivity index (χ1v) is 8.05. The van der Waals surface area contributed by atoms with Gasteiger partial charge in [-0.2, -0.15) is 0 Å². The molecular formula is C15H18BrNO3S. The summed E-state index contributed by atoms with van der Waals surface area (Å²) >= 11 is 5.08. The van der Waals surface area contributed by atoms with Crippen LogP contribution in [0.4, 0.5) is 0 Å². The fourth-order valence-corrected chi connectivity index (χ4v) is 3.47. The maximum absolute atomic E-state index is 6.07. The Morgan fingerprint density at radius 1 is 1.05 bits per heavy atom. The highest BCUT2D eigenvalue weighted by Crippen LogP contribution is 2.34. The molecular weight excluding hydrogens is 354 g/mol. The number of thiophene rings is 1. The number of hydrogen-bond acceptors (Lipinski definition) is 5. The number of nitrogens with two attached hydrogens (primary N) is 1. The molecule has 6 heteroatoms. The van der Waals surface area contributed by atoms with Crippen LogP contribution in [0.15, 0.2) is 34.1 Å². The van der Waals surface area contributed by atoms with E-state index in [1.54, 1.807) is 31.6 Å². The van der Waals surface area contributed by atoms with Crippen molar-refractivity contribution in [3.8, 4) is 17.2 Å². The molecule has 0 aliphatic rings. The van der Waals surface area contributed by atoms with E-state index in [1.165, 1.54) is 0 Å².